The molecule has 0 saturated carbocycles. The summed E-state index contributed by atoms with van der Waals surface area (Å²) in [5, 5.41) is 4.65. The van der Waals surface area contributed by atoms with Crippen LogP contribution in [0.5, 0.6) is 11.5 Å². The molecule has 3 aromatic rings. The van der Waals surface area contributed by atoms with Crippen molar-refractivity contribution in [2.75, 3.05) is 32.8 Å². The fraction of sp³-hybridized carbons (Fsp3) is 0.462. The van der Waals surface area contributed by atoms with Crippen LogP contribution in [0, 0.1) is 6.92 Å². The number of ether oxygens (including phenoxy) is 2. The molecule has 34 heavy (non-hydrogen) atoms. The Labute approximate surface area is 197 Å². The minimum Gasteiger partial charge on any atom is -0.486 e. The van der Waals surface area contributed by atoms with E-state index >= 15 is 0 Å². The fourth-order valence-electron chi connectivity index (χ4n) is 5.67. The van der Waals surface area contributed by atoms with E-state index in [-0.39, 0.29) is 17.2 Å². The van der Waals surface area contributed by atoms with Gasteiger partial charge in [-0.2, -0.15) is 0 Å². The first-order valence-electron chi connectivity index (χ1n) is 12.2. The summed E-state index contributed by atoms with van der Waals surface area (Å²) in [4.78, 5) is 27.5. The zero-order chi connectivity index (χ0) is 23.2. The molecule has 3 aliphatic rings. The van der Waals surface area contributed by atoms with Crippen LogP contribution >= 0.6 is 0 Å². The molecule has 0 bridgehead atoms. The van der Waals surface area contributed by atoms with Gasteiger partial charge in [0.15, 0.2) is 11.5 Å². The number of rotatable bonds is 5. The maximum Gasteiger partial charge on any atom is 0.252 e. The molecule has 5 heterocycles. The molecule has 1 aromatic carbocycles. The Hall–Kier alpha value is -3.10. The van der Waals surface area contributed by atoms with E-state index in [4.69, 9.17) is 9.47 Å². The van der Waals surface area contributed by atoms with Crippen LogP contribution in [0.1, 0.15) is 30.0 Å². The summed E-state index contributed by atoms with van der Waals surface area (Å²) in [6, 6.07) is 11.6. The Balaban J connectivity index is 1.07. The first-order valence-corrected chi connectivity index (χ1v) is 12.2. The molecule has 178 valence electrons. The van der Waals surface area contributed by atoms with Crippen molar-refractivity contribution in [1.82, 2.24) is 19.4 Å². The summed E-state index contributed by atoms with van der Waals surface area (Å²) < 4.78 is 15.1. The second-order valence-electron chi connectivity index (χ2n) is 9.65. The maximum absolute atomic E-state index is 12.6. The lowest BCUT2D eigenvalue weighted by Crippen LogP contribution is -2.44. The minimum absolute atomic E-state index is 0.00324. The molecule has 1 fully saturated rings. The Bertz CT molecular complexity index is 1350. The highest BCUT2D eigenvalue weighted by atomic mass is 16.6. The number of hydrogen-bond acceptors (Lipinski definition) is 6. The van der Waals surface area contributed by atoms with Gasteiger partial charge in [0.2, 0.25) is 0 Å². The smallest absolute Gasteiger partial charge is 0.252 e. The van der Waals surface area contributed by atoms with E-state index < -0.39 is 0 Å². The van der Waals surface area contributed by atoms with E-state index in [9.17, 15) is 9.59 Å². The number of nitrogens with zero attached hydrogens (tertiary/aromatic N) is 3. The molecule has 8 heteroatoms. The average molecular weight is 463 g/mol. The summed E-state index contributed by atoms with van der Waals surface area (Å²) in [5.41, 5.74) is 3.03. The molecule has 0 spiro atoms. The Morgan fingerprint density at radius 3 is 2.59 bits per heavy atom. The number of piperidine rings is 1. The predicted molar refractivity (Wildman–Crippen MR) is 130 cm³/mol. The van der Waals surface area contributed by atoms with Crippen molar-refractivity contribution in [3.8, 4) is 11.5 Å². The number of pyridine rings is 2. The van der Waals surface area contributed by atoms with Crippen molar-refractivity contribution >= 4 is 11.0 Å². The highest BCUT2D eigenvalue weighted by molar-refractivity contribution is 5.76. The standard InChI is InChI=1S/C26H30N4O4/c1-17-12-18(13-22-25(17)34-11-10-33-22)14-27-20-6-8-28(9-7-20)15-21-16-29-23(31)4-2-19-3-5-24(32)30(21)26(19)29/h2-5,12-13,20-21,27H,6-11,14-16H2,1H3. The van der Waals surface area contributed by atoms with Gasteiger partial charge in [0.25, 0.3) is 11.1 Å². The Morgan fingerprint density at radius 1 is 1.00 bits per heavy atom. The molecular weight excluding hydrogens is 432 g/mol. The third-order valence-corrected chi connectivity index (χ3v) is 7.35. The summed E-state index contributed by atoms with van der Waals surface area (Å²) >= 11 is 0. The van der Waals surface area contributed by atoms with E-state index in [1.807, 2.05) is 16.7 Å². The van der Waals surface area contributed by atoms with Crippen molar-refractivity contribution in [1.29, 1.82) is 0 Å². The SMILES string of the molecule is Cc1cc(CNC2CCN(CC3Cn4c(=O)ccc5ccc(=O)n3c54)CC2)cc2c1OCCO2. The first kappa shape index (κ1) is 21.4. The van der Waals surface area contributed by atoms with Crippen molar-refractivity contribution < 1.29 is 9.47 Å². The van der Waals surface area contributed by atoms with Crippen LogP contribution in [0.4, 0.5) is 0 Å². The van der Waals surface area contributed by atoms with Gasteiger partial charge in [0, 0.05) is 43.2 Å². The number of hydrogen-bond donors (Lipinski definition) is 1. The van der Waals surface area contributed by atoms with Crippen LogP contribution in [0.25, 0.3) is 11.0 Å². The average Bonchev–Trinajstić information content (AvgIpc) is 3.24. The van der Waals surface area contributed by atoms with E-state index in [1.54, 1.807) is 16.7 Å². The number of aromatic nitrogens is 2. The first-order chi connectivity index (χ1) is 16.6. The van der Waals surface area contributed by atoms with Gasteiger partial charge in [-0.1, -0.05) is 6.07 Å². The van der Waals surface area contributed by atoms with Gasteiger partial charge < -0.3 is 19.7 Å². The molecule has 0 amide bonds. The number of nitrogens with one attached hydrogen (secondary N) is 1. The van der Waals surface area contributed by atoms with Crippen LogP contribution in [-0.4, -0.2) is 52.9 Å². The third-order valence-electron chi connectivity index (χ3n) is 7.35. The molecular formula is C26H30N4O4. The highest BCUT2D eigenvalue weighted by Gasteiger charge is 2.29. The molecule has 8 nitrogen and oxygen atoms in total. The van der Waals surface area contributed by atoms with E-state index in [1.165, 1.54) is 5.56 Å². The van der Waals surface area contributed by atoms with Crippen molar-refractivity contribution in [3.63, 3.8) is 0 Å². The molecule has 0 radical (unpaired) electrons. The van der Waals surface area contributed by atoms with Crippen molar-refractivity contribution in [2.24, 2.45) is 0 Å². The summed E-state index contributed by atoms with van der Waals surface area (Å²) in [6.07, 6.45) is 2.12. The van der Waals surface area contributed by atoms with Crippen molar-refractivity contribution in [2.45, 2.75) is 44.9 Å². The number of benzene rings is 1. The fourth-order valence-corrected chi connectivity index (χ4v) is 5.67. The predicted octanol–water partition coefficient (Wildman–Crippen LogP) is 2.05. The largest absolute Gasteiger partial charge is 0.486 e. The van der Waals surface area contributed by atoms with E-state index in [2.05, 4.69) is 29.3 Å². The summed E-state index contributed by atoms with van der Waals surface area (Å²) in [6.45, 7) is 7.39. The van der Waals surface area contributed by atoms with Crippen LogP contribution < -0.4 is 25.9 Å². The molecule has 1 saturated heterocycles. The molecule has 3 aliphatic heterocycles. The van der Waals surface area contributed by atoms with Crippen LogP contribution in [0.2, 0.25) is 0 Å². The summed E-state index contributed by atoms with van der Waals surface area (Å²) in [5.74, 6) is 1.72. The lowest BCUT2D eigenvalue weighted by molar-refractivity contribution is 0.169. The molecule has 1 N–H and O–H groups in total. The molecule has 0 aliphatic carbocycles. The Kier molecular flexibility index (Phi) is 5.42. The number of likely N-dealkylation sites (tertiary alicyclic amines) is 1. The minimum atomic E-state index is -0.0355. The van der Waals surface area contributed by atoms with Gasteiger partial charge >= 0.3 is 0 Å². The van der Waals surface area contributed by atoms with Gasteiger partial charge in [-0.3, -0.25) is 18.7 Å². The van der Waals surface area contributed by atoms with Gasteiger partial charge in [-0.25, -0.2) is 0 Å². The third kappa shape index (κ3) is 3.80. The van der Waals surface area contributed by atoms with Gasteiger partial charge in [-0.15, -0.1) is 0 Å². The van der Waals surface area contributed by atoms with Crippen LogP contribution in [0.15, 0.2) is 46.0 Å². The highest BCUT2D eigenvalue weighted by Crippen LogP contribution is 2.34. The summed E-state index contributed by atoms with van der Waals surface area (Å²) in [7, 11) is 0. The van der Waals surface area contributed by atoms with Gasteiger partial charge in [0.1, 0.15) is 18.9 Å². The van der Waals surface area contributed by atoms with E-state index in [0.717, 1.165) is 67.1 Å². The second-order valence-corrected chi connectivity index (χ2v) is 9.65. The molecule has 1 unspecified atom stereocenters. The zero-order valence-corrected chi connectivity index (χ0v) is 19.5. The van der Waals surface area contributed by atoms with Crippen LogP contribution in [0.3, 0.4) is 0 Å². The molecule has 6 rings (SSSR count). The molecule has 2 aromatic heterocycles. The van der Waals surface area contributed by atoms with Crippen LogP contribution in [-0.2, 0) is 13.1 Å². The van der Waals surface area contributed by atoms with E-state index in [0.29, 0.717) is 25.8 Å². The Morgan fingerprint density at radius 2 is 1.76 bits per heavy atom. The zero-order valence-electron chi connectivity index (χ0n) is 19.5. The lowest BCUT2D eigenvalue weighted by Gasteiger charge is -2.34. The number of fused-ring (bicyclic) bond motifs is 1. The maximum atomic E-state index is 12.6. The normalized spacial score (nSPS) is 20.2. The topological polar surface area (TPSA) is 77.7 Å². The monoisotopic (exact) mass is 462 g/mol. The van der Waals surface area contributed by atoms with Gasteiger partial charge in [-0.05, 0) is 62.2 Å². The van der Waals surface area contributed by atoms with Crippen molar-refractivity contribution in [3.05, 3.63) is 68.2 Å². The van der Waals surface area contributed by atoms with Gasteiger partial charge in [0.05, 0.1) is 6.04 Å². The lowest BCUT2D eigenvalue weighted by atomic mass is 10.0. The second kappa shape index (κ2) is 8.60. The molecule has 1 atom stereocenters. The number of aryl methyl sites for hydroxylation is 1. The quantitative estimate of drug-likeness (QED) is 0.626.